The van der Waals surface area contributed by atoms with Crippen molar-refractivity contribution in [2.75, 3.05) is 25.0 Å². The molecule has 0 aliphatic carbocycles. The number of amides is 1. The summed E-state index contributed by atoms with van der Waals surface area (Å²) in [7, 11) is 0. The molecule has 0 radical (unpaired) electrons. The first-order chi connectivity index (χ1) is 9.20. The van der Waals surface area contributed by atoms with Gasteiger partial charge >= 0.3 is 0 Å². The minimum absolute atomic E-state index is 0.0591. The second-order valence-electron chi connectivity index (χ2n) is 5.27. The van der Waals surface area contributed by atoms with Crippen LogP contribution < -0.4 is 11.1 Å². The number of hydrogen-bond donors (Lipinski definition) is 2. The third kappa shape index (κ3) is 3.78. The van der Waals surface area contributed by atoms with E-state index in [9.17, 15) is 4.79 Å². The van der Waals surface area contributed by atoms with Crippen molar-refractivity contribution >= 4 is 11.6 Å². The Hall–Kier alpha value is -1.39. The second-order valence-corrected chi connectivity index (χ2v) is 5.27. The Bertz CT molecular complexity index is 407. The summed E-state index contributed by atoms with van der Waals surface area (Å²) in [5.74, 6) is 0.588. The minimum Gasteiger partial charge on any atom is -0.330 e. The Morgan fingerprint density at radius 2 is 2.21 bits per heavy atom. The van der Waals surface area contributed by atoms with Crippen molar-refractivity contribution in [3.63, 3.8) is 0 Å². The predicted octanol–water partition coefficient (Wildman–Crippen LogP) is 1.68. The molecule has 3 N–H and O–H groups in total. The number of benzene rings is 1. The molecule has 1 fully saturated rings. The van der Waals surface area contributed by atoms with Crippen LogP contribution in [0.3, 0.4) is 0 Å². The molecule has 0 saturated carbocycles. The van der Waals surface area contributed by atoms with Crippen LogP contribution >= 0.6 is 0 Å². The number of nitrogens with zero attached hydrogens (tertiary/aromatic N) is 1. The molecule has 19 heavy (non-hydrogen) atoms. The SMILES string of the molecule is CC(C(=O)Nc1ccccc1)N1CCCC(CN)C1. The number of carbonyl (C=O) groups excluding carboxylic acids is 1. The highest BCUT2D eigenvalue weighted by Gasteiger charge is 2.26. The van der Waals surface area contributed by atoms with E-state index in [-0.39, 0.29) is 11.9 Å². The van der Waals surface area contributed by atoms with Crippen molar-refractivity contribution in [2.45, 2.75) is 25.8 Å². The molecule has 1 aliphatic rings. The zero-order valence-corrected chi connectivity index (χ0v) is 11.5. The first-order valence-corrected chi connectivity index (χ1v) is 7.00. The van der Waals surface area contributed by atoms with E-state index in [1.165, 1.54) is 6.42 Å². The van der Waals surface area contributed by atoms with E-state index in [1.54, 1.807) is 0 Å². The van der Waals surface area contributed by atoms with Crippen LogP contribution in [0.1, 0.15) is 19.8 Å². The topological polar surface area (TPSA) is 58.4 Å². The smallest absolute Gasteiger partial charge is 0.241 e. The van der Waals surface area contributed by atoms with Crippen molar-refractivity contribution in [1.82, 2.24) is 4.90 Å². The summed E-state index contributed by atoms with van der Waals surface area (Å²) in [6, 6.07) is 9.49. The maximum Gasteiger partial charge on any atom is 0.241 e. The molecule has 0 bridgehead atoms. The standard InChI is InChI=1S/C15H23N3O/c1-12(18-9-5-6-13(10-16)11-18)15(19)17-14-7-3-2-4-8-14/h2-4,7-8,12-13H,5-6,9-11,16H2,1H3,(H,17,19). The quantitative estimate of drug-likeness (QED) is 0.867. The average Bonchev–Trinajstić information content (AvgIpc) is 2.47. The monoisotopic (exact) mass is 261 g/mol. The summed E-state index contributed by atoms with van der Waals surface area (Å²) >= 11 is 0. The number of nitrogens with two attached hydrogens (primary N) is 1. The van der Waals surface area contributed by atoms with Gasteiger partial charge in [-0.25, -0.2) is 0 Å². The molecule has 1 aromatic rings. The summed E-state index contributed by atoms with van der Waals surface area (Å²) in [5.41, 5.74) is 6.59. The van der Waals surface area contributed by atoms with Gasteiger partial charge in [0, 0.05) is 12.2 Å². The number of anilines is 1. The number of hydrogen-bond acceptors (Lipinski definition) is 3. The number of carbonyl (C=O) groups is 1. The molecular weight excluding hydrogens is 238 g/mol. The van der Waals surface area contributed by atoms with Gasteiger partial charge in [0.15, 0.2) is 0 Å². The van der Waals surface area contributed by atoms with Crippen molar-refractivity contribution in [1.29, 1.82) is 0 Å². The van der Waals surface area contributed by atoms with Crippen LogP contribution in [0.4, 0.5) is 5.69 Å². The van der Waals surface area contributed by atoms with E-state index in [2.05, 4.69) is 10.2 Å². The molecule has 4 nitrogen and oxygen atoms in total. The van der Waals surface area contributed by atoms with Crippen LogP contribution in [0.15, 0.2) is 30.3 Å². The van der Waals surface area contributed by atoms with Gasteiger partial charge in [0.05, 0.1) is 6.04 Å². The van der Waals surface area contributed by atoms with Gasteiger partial charge in [0.2, 0.25) is 5.91 Å². The minimum atomic E-state index is -0.102. The Labute approximate surface area is 115 Å². The van der Waals surface area contributed by atoms with Gasteiger partial charge in [0.25, 0.3) is 0 Å². The molecule has 2 rings (SSSR count). The number of piperidine rings is 1. The number of nitrogens with one attached hydrogen (secondary N) is 1. The Kier molecular flexibility index (Phi) is 4.93. The number of likely N-dealkylation sites (tertiary alicyclic amines) is 1. The number of para-hydroxylation sites is 1. The van der Waals surface area contributed by atoms with E-state index in [0.717, 1.165) is 25.2 Å². The van der Waals surface area contributed by atoms with Gasteiger partial charge in [-0.3, -0.25) is 9.69 Å². The second kappa shape index (κ2) is 6.68. The van der Waals surface area contributed by atoms with Crippen LogP contribution in [0.25, 0.3) is 0 Å². The molecule has 1 aromatic carbocycles. The molecule has 1 amide bonds. The van der Waals surface area contributed by atoms with Crippen molar-refractivity contribution < 1.29 is 4.79 Å². The summed E-state index contributed by atoms with van der Waals surface area (Å²) in [6.07, 6.45) is 2.31. The predicted molar refractivity (Wildman–Crippen MR) is 77.9 cm³/mol. The lowest BCUT2D eigenvalue weighted by molar-refractivity contribution is -0.121. The first kappa shape index (κ1) is 14.0. The first-order valence-electron chi connectivity index (χ1n) is 7.00. The molecular formula is C15H23N3O. The maximum absolute atomic E-state index is 12.2. The van der Waals surface area contributed by atoms with Crippen LogP contribution in [-0.4, -0.2) is 36.5 Å². The molecule has 1 aliphatic heterocycles. The van der Waals surface area contributed by atoms with Crippen LogP contribution in [0, 0.1) is 5.92 Å². The third-order valence-electron chi connectivity index (χ3n) is 3.85. The highest BCUT2D eigenvalue weighted by Crippen LogP contribution is 2.18. The van der Waals surface area contributed by atoms with Crippen molar-refractivity contribution in [3.8, 4) is 0 Å². The highest BCUT2D eigenvalue weighted by molar-refractivity contribution is 5.94. The van der Waals surface area contributed by atoms with Gasteiger partial charge in [-0.2, -0.15) is 0 Å². The molecule has 104 valence electrons. The molecule has 1 heterocycles. The summed E-state index contributed by atoms with van der Waals surface area (Å²) in [4.78, 5) is 14.5. The van der Waals surface area contributed by atoms with Gasteiger partial charge < -0.3 is 11.1 Å². The Balaban J connectivity index is 1.91. The molecule has 4 heteroatoms. The van der Waals surface area contributed by atoms with E-state index >= 15 is 0 Å². The van der Waals surface area contributed by atoms with E-state index < -0.39 is 0 Å². The summed E-state index contributed by atoms with van der Waals surface area (Å²) in [5, 5.41) is 2.96. The van der Waals surface area contributed by atoms with Crippen LogP contribution in [-0.2, 0) is 4.79 Å². The Morgan fingerprint density at radius 1 is 1.47 bits per heavy atom. The lowest BCUT2D eigenvalue weighted by Crippen LogP contribution is -2.48. The third-order valence-corrected chi connectivity index (χ3v) is 3.85. The fourth-order valence-corrected chi connectivity index (χ4v) is 2.58. The van der Waals surface area contributed by atoms with E-state index in [1.807, 2.05) is 37.3 Å². The van der Waals surface area contributed by atoms with Gasteiger partial charge in [-0.15, -0.1) is 0 Å². The Morgan fingerprint density at radius 3 is 2.89 bits per heavy atom. The molecule has 1 saturated heterocycles. The lowest BCUT2D eigenvalue weighted by Gasteiger charge is -2.35. The molecule has 2 atom stereocenters. The van der Waals surface area contributed by atoms with Crippen molar-refractivity contribution in [3.05, 3.63) is 30.3 Å². The van der Waals surface area contributed by atoms with Gasteiger partial charge in [-0.1, -0.05) is 18.2 Å². The van der Waals surface area contributed by atoms with Crippen LogP contribution in [0.2, 0.25) is 0 Å². The number of rotatable bonds is 4. The molecule has 2 unspecified atom stereocenters. The average molecular weight is 261 g/mol. The van der Waals surface area contributed by atoms with Gasteiger partial charge in [0.1, 0.15) is 0 Å². The summed E-state index contributed by atoms with van der Waals surface area (Å²) < 4.78 is 0. The van der Waals surface area contributed by atoms with Crippen LogP contribution in [0.5, 0.6) is 0 Å². The maximum atomic E-state index is 12.2. The van der Waals surface area contributed by atoms with Gasteiger partial charge in [-0.05, 0) is 50.9 Å². The molecule has 0 aromatic heterocycles. The van der Waals surface area contributed by atoms with Crippen molar-refractivity contribution in [2.24, 2.45) is 11.7 Å². The zero-order valence-electron chi connectivity index (χ0n) is 11.5. The highest BCUT2D eigenvalue weighted by atomic mass is 16.2. The zero-order chi connectivity index (χ0) is 13.7. The normalized spacial score (nSPS) is 21.9. The summed E-state index contributed by atoms with van der Waals surface area (Å²) in [6.45, 7) is 4.60. The lowest BCUT2D eigenvalue weighted by atomic mass is 9.97. The fraction of sp³-hybridized carbons (Fsp3) is 0.533. The molecule has 0 spiro atoms. The van der Waals surface area contributed by atoms with E-state index in [0.29, 0.717) is 12.5 Å². The van der Waals surface area contributed by atoms with E-state index in [4.69, 9.17) is 5.73 Å². The fourth-order valence-electron chi connectivity index (χ4n) is 2.58. The largest absolute Gasteiger partial charge is 0.330 e.